The molecule has 6 heteroatoms. The molecule has 0 spiro atoms. The number of carbonyl (C=O) groups excluding carboxylic acids is 2. The van der Waals surface area contributed by atoms with E-state index in [4.69, 9.17) is 15.2 Å². The van der Waals surface area contributed by atoms with E-state index in [0.29, 0.717) is 12.4 Å². The highest BCUT2D eigenvalue weighted by atomic mass is 16.5. The second-order valence-corrected chi connectivity index (χ2v) is 5.58. The van der Waals surface area contributed by atoms with Gasteiger partial charge in [0.2, 0.25) is 11.8 Å². The predicted octanol–water partition coefficient (Wildman–Crippen LogP) is 1.42. The minimum Gasteiger partial charge on any atom is -0.489 e. The van der Waals surface area contributed by atoms with Gasteiger partial charge in [0.15, 0.2) is 0 Å². The Kier molecular flexibility index (Phi) is 6.98. The van der Waals surface area contributed by atoms with Crippen LogP contribution in [0.4, 0.5) is 0 Å². The number of benzene rings is 2. The van der Waals surface area contributed by atoms with Crippen LogP contribution in [-0.4, -0.2) is 31.6 Å². The Hall–Kier alpha value is -2.86. The van der Waals surface area contributed by atoms with Gasteiger partial charge in [-0.05, 0) is 23.3 Å². The van der Waals surface area contributed by atoms with Crippen LogP contribution in [0, 0.1) is 0 Å². The summed E-state index contributed by atoms with van der Waals surface area (Å²) in [7, 11) is 1.41. The van der Waals surface area contributed by atoms with Crippen LogP contribution in [0.25, 0.3) is 0 Å². The summed E-state index contributed by atoms with van der Waals surface area (Å²) in [4.78, 5) is 23.2. The Morgan fingerprint density at radius 1 is 1.08 bits per heavy atom. The molecular weight excluding hydrogens is 320 g/mol. The van der Waals surface area contributed by atoms with E-state index in [0.717, 1.165) is 11.1 Å². The molecule has 0 radical (unpaired) electrons. The van der Waals surface area contributed by atoms with Crippen LogP contribution in [0.2, 0.25) is 0 Å². The Balaban J connectivity index is 1.98. The van der Waals surface area contributed by atoms with Gasteiger partial charge < -0.3 is 20.5 Å². The summed E-state index contributed by atoms with van der Waals surface area (Å²) in [6.07, 6.45) is 0.285. The maximum Gasteiger partial charge on any atom is 0.246 e. The number of hydrogen-bond acceptors (Lipinski definition) is 4. The summed E-state index contributed by atoms with van der Waals surface area (Å²) < 4.78 is 10.5. The Morgan fingerprint density at radius 2 is 1.80 bits per heavy atom. The topological polar surface area (TPSA) is 90.7 Å². The molecule has 2 rings (SSSR count). The largest absolute Gasteiger partial charge is 0.489 e. The van der Waals surface area contributed by atoms with Crippen molar-refractivity contribution >= 4 is 11.8 Å². The van der Waals surface area contributed by atoms with Gasteiger partial charge in [-0.3, -0.25) is 9.59 Å². The van der Waals surface area contributed by atoms with Crippen molar-refractivity contribution < 1.29 is 19.1 Å². The Morgan fingerprint density at radius 3 is 2.48 bits per heavy atom. The van der Waals surface area contributed by atoms with Crippen molar-refractivity contribution in [2.75, 3.05) is 13.7 Å². The smallest absolute Gasteiger partial charge is 0.246 e. The Bertz CT molecular complexity index is 704. The molecule has 2 aromatic carbocycles. The first kappa shape index (κ1) is 18.5. The molecule has 1 atom stereocenters. The van der Waals surface area contributed by atoms with Gasteiger partial charge in [0, 0.05) is 13.5 Å². The molecule has 0 aliphatic heterocycles. The van der Waals surface area contributed by atoms with E-state index in [1.54, 1.807) is 0 Å². The van der Waals surface area contributed by atoms with Crippen molar-refractivity contribution in [3.8, 4) is 5.75 Å². The fourth-order valence-electron chi connectivity index (χ4n) is 2.33. The lowest BCUT2D eigenvalue weighted by atomic mass is 10.1. The van der Waals surface area contributed by atoms with E-state index in [1.807, 2.05) is 54.6 Å². The molecule has 0 unspecified atom stereocenters. The summed E-state index contributed by atoms with van der Waals surface area (Å²) in [5.74, 6) is -0.296. The van der Waals surface area contributed by atoms with Crippen molar-refractivity contribution in [2.45, 2.75) is 19.1 Å². The number of nitrogens with one attached hydrogen (secondary N) is 1. The van der Waals surface area contributed by atoms with Crippen molar-refractivity contribution in [1.29, 1.82) is 0 Å². The molecule has 0 saturated carbocycles. The van der Waals surface area contributed by atoms with E-state index in [-0.39, 0.29) is 18.9 Å². The summed E-state index contributed by atoms with van der Waals surface area (Å²) in [5, 5.41) is 2.56. The minimum atomic E-state index is -0.799. The predicted molar refractivity (Wildman–Crippen MR) is 93.9 cm³/mol. The normalized spacial score (nSPS) is 11.6. The highest BCUT2D eigenvalue weighted by molar-refractivity contribution is 5.87. The van der Waals surface area contributed by atoms with Gasteiger partial charge in [-0.25, -0.2) is 0 Å². The SMILES string of the molecule is COCC(=O)N[C@H](Cc1cccc(OCc2ccccc2)c1)C(N)=O. The molecule has 132 valence electrons. The van der Waals surface area contributed by atoms with Crippen LogP contribution in [0.5, 0.6) is 5.75 Å². The van der Waals surface area contributed by atoms with E-state index in [9.17, 15) is 9.59 Å². The van der Waals surface area contributed by atoms with Crippen LogP contribution in [-0.2, 0) is 27.4 Å². The molecule has 3 N–H and O–H groups in total. The molecule has 0 heterocycles. The van der Waals surface area contributed by atoms with Gasteiger partial charge in [-0.2, -0.15) is 0 Å². The molecule has 0 saturated heterocycles. The fourth-order valence-corrected chi connectivity index (χ4v) is 2.33. The average molecular weight is 342 g/mol. The first-order valence-corrected chi connectivity index (χ1v) is 7.91. The lowest BCUT2D eigenvalue weighted by molar-refractivity contribution is -0.129. The summed E-state index contributed by atoms with van der Waals surface area (Å²) in [6, 6.07) is 16.4. The summed E-state index contributed by atoms with van der Waals surface area (Å²) >= 11 is 0. The van der Waals surface area contributed by atoms with Gasteiger partial charge >= 0.3 is 0 Å². The van der Waals surface area contributed by atoms with Crippen molar-refractivity contribution in [3.63, 3.8) is 0 Å². The molecule has 0 fully saturated rings. The number of rotatable bonds is 9. The Labute approximate surface area is 146 Å². The molecule has 6 nitrogen and oxygen atoms in total. The van der Waals surface area contributed by atoms with Gasteiger partial charge in [-0.15, -0.1) is 0 Å². The second kappa shape index (κ2) is 9.44. The summed E-state index contributed by atoms with van der Waals surface area (Å²) in [5.41, 5.74) is 7.28. The number of methoxy groups -OCH3 is 1. The molecule has 0 bridgehead atoms. The quantitative estimate of drug-likeness (QED) is 0.721. The fraction of sp³-hybridized carbons (Fsp3) is 0.263. The standard InChI is InChI=1S/C19H22N2O4/c1-24-13-18(22)21-17(19(20)23)11-15-8-5-9-16(10-15)25-12-14-6-3-2-4-7-14/h2-10,17H,11-13H2,1H3,(H2,20,23)(H,21,22)/t17-/m1/s1. The van der Waals surface area contributed by atoms with Crippen molar-refractivity contribution in [1.82, 2.24) is 5.32 Å². The van der Waals surface area contributed by atoms with Crippen LogP contribution < -0.4 is 15.8 Å². The van der Waals surface area contributed by atoms with Crippen LogP contribution in [0.3, 0.4) is 0 Å². The van der Waals surface area contributed by atoms with Crippen molar-refractivity contribution in [3.05, 3.63) is 65.7 Å². The van der Waals surface area contributed by atoms with E-state index < -0.39 is 11.9 Å². The van der Waals surface area contributed by atoms with Gasteiger partial charge in [0.05, 0.1) is 0 Å². The molecule has 0 aliphatic carbocycles. The number of hydrogen-bond donors (Lipinski definition) is 2. The second-order valence-electron chi connectivity index (χ2n) is 5.58. The number of primary amides is 1. The molecular formula is C19H22N2O4. The van der Waals surface area contributed by atoms with E-state index in [2.05, 4.69) is 5.32 Å². The van der Waals surface area contributed by atoms with Crippen LogP contribution >= 0.6 is 0 Å². The maximum absolute atomic E-state index is 11.6. The van der Waals surface area contributed by atoms with E-state index >= 15 is 0 Å². The lowest BCUT2D eigenvalue weighted by Gasteiger charge is -2.16. The highest BCUT2D eigenvalue weighted by Gasteiger charge is 2.18. The lowest BCUT2D eigenvalue weighted by Crippen LogP contribution is -2.46. The van der Waals surface area contributed by atoms with Crippen LogP contribution in [0.1, 0.15) is 11.1 Å². The third-order valence-corrected chi connectivity index (χ3v) is 3.54. The number of amides is 2. The van der Waals surface area contributed by atoms with E-state index in [1.165, 1.54) is 7.11 Å². The zero-order valence-corrected chi connectivity index (χ0v) is 14.1. The molecule has 2 aromatic rings. The van der Waals surface area contributed by atoms with Gasteiger partial charge in [-0.1, -0.05) is 42.5 Å². The van der Waals surface area contributed by atoms with Crippen molar-refractivity contribution in [2.24, 2.45) is 5.73 Å². The maximum atomic E-state index is 11.6. The zero-order chi connectivity index (χ0) is 18.1. The molecule has 0 aliphatic rings. The monoisotopic (exact) mass is 342 g/mol. The zero-order valence-electron chi connectivity index (χ0n) is 14.1. The summed E-state index contributed by atoms with van der Waals surface area (Å²) in [6.45, 7) is 0.331. The highest BCUT2D eigenvalue weighted by Crippen LogP contribution is 2.16. The first-order valence-electron chi connectivity index (χ1n) is 7.91. The third kappa shape index (κ3) is 6.27. The number of carbonyl (C=O) groups is 2. The average Bonchev–Trinajstić information content (AvgIpc) is 2.61. The van der Waals surface area contributed by atoms with Gasteiger partial charge in [0.25, 0.3) is 0 Å². The minimum absolute atomic E-state index is 0.121. The van der Waals surface area contributed by atoms with Crippen LogP contribution in [0.15, 0.2) is 54.6 Å². The molecule has 25 heavy (non-hydrogen) atoms. The molecule has 0 aromatic heterocycles. The number of nitrogens with two attached hydrogens (primary N) is 1. The number of ether oxygens (including phenoxy) is 2. The van der Waals surface area contributed by atoms with Gasteiger partial charge in [0.1, 0.15) is 25.0 Å². The first-order chi connectivity index (χ1) is 12.1. The third-order valence-electron chi connectivity index (χ3n) is 3.54. The molecule has 2 amide bonds.